The lowest BCUT2D eigenvalue weighted by Crippen LogP contribution is -2.39. The molecule has 1 heterocycles. The number of nitrogens with one attached hydrogen (secondary N) is 1. The molecular formula is C12H18N2. The van der Waals surface area contributed by atoms with E-state index in [1.807, 2.05) is 0 Å². The van der Waals surface area contributed by atoms with E-state index in [0.717, 1.165) is 23.8 Å². The summed E-state index contributed by atoms with van der Waals surface area (Å²) in [4.78, 5) is 0. The van der Waals surface area contributed by atoms with Gasteiger partial charge in [0.15, 0.2) is 0 Å². The van der Waals surface area contributed by atoms with Gasteiger partial charge in [-0.3, -0.25) is 0 Å². The monoisotopic (exact) mass is 190 g/mol. The summed E-state index contributed by atoms with van der Waals surface area (Å²) >= 11 is 0. The molecule has 5 unspecified atom stereocenters. The second-order valence-corrected chi connectivity index (χ2v) is 5.24. The maximum absolute atomic E-state index is 9.15. The molecule has 14 heavy (non-hydrogen) atoms. The molecule has 0 radical (unpaired) electrons. The van der Waals surface area contributed by atoms with Crippen LogP contribution in [-0.2, 0) is 0 Å². The van der Waals surface area contributed by atoms with Gasteiger partial charge >= 0.3 is 0 Å². The smallest absolute Gasteiger partial charge is 0.0658 e. The van der Waals surface area contributed by atoms with Gasteiger partial charge in [-0.25, -0.2) is 0 Å². The third kappa shape index (κ3) is 1.12. The normalized spacial score (nSPS) is 50.9. The minimum absolute atomic E-state index is 0.382. The van der Waals surface area contributed by atoms with E-state index < -0.39 is 0 Å². The average molecular weight is 190 g/mol. The number of fused-ring (bicyclic) bond motifs is 3. The summed E-state index contributed by atoms with van der Waals surface area (Å²) in [7, 11) is 0. The van der Waals surface area contributed by atoms with Gasteiger partial charge in [0.1, 0.15) is 0 Å². The Morgan fingerprint density at radius 2 is 1.93 bits per heavy atom. The lowest BCUT2D eigenvalue weighted by Gasteiger charge is -2.37. The summed E-state index contributed by atoms with van der Waals surface area (Å²) in [6, 6.07) is 3.30. The van der Waals surface area contributed by atoms with Gasteiger partial charge in [0.25, 0.3) is 0 Å². The van der Waals surface area contributed by atoms with Gasteiger partial charge in [-0.2, -0.15) is 5.26 Å². The zero-order valence-electron chi connectivity index (χ0n) is 8.58. The number of nitriles is 1. The molecule has 3 fully saturated rings. The quantitative estimate of drug-likeness (QED) is 0.633. The summed E-state index contributed by atoms with van der Waals surface area (Å²) in [5.41, 5.74) is 0. The maximum atomic E-state index is 9.15. The predicted molar refractivity (Wildman–Crippen MR) is 54.4 cm³/mol. The third-order valence-electron chi connectivity index (χ3n) is 4.77. The Kier molecular flexibility index (Phi) is 2.02. The molecule has 0 aromatic carbocycles. The molecule has 1 N–H and O–H groups in total. The number of rotatable bonds is 0. The molecule has 2 heteroatoms. The molecule has 3 rings (SSSR count). The molecule has 0 bridgehead atoms. The zero-order chi connectivity index (χ0) is 9.54. The standard InChI is InChI=1S/C12H18N2/c13-7-9-2-1-8-3-4-11-10(12(8)9)5-6-14-11/h8-12,14H,1-6H2. The van der Waals surface area contributed by atoms with Gasteiger partial charge in [-0.15, -0.1) is 0 Å². The lowest BCUT2D eigenvalue weighted by atomic mass is 9.69. The van der Waals surface area contributed by atoms with Crippen LogP contribution in [0.1, 0.15) is 32.1 Å². The summed E-state index contributed by atoms with van der Waals surface area (Å²) in [6.45, 7) is 1.19. The van der Waals surface area contributed by atoms with Gasteiger partial charge < -0.3 is 5.32 Å². The average Bonchev–Trinajstić information content (AvgIpc) is 2.82. The number of hydrogen-bond acceptors (Lipinski definition) is 2. The van der Waals surface area contributed by atoms with Crippen molar-refractivity contribution in [1.82, 2.24) is 5.32 Å². The highest BCUT2D eigenvalue weighted by atomic mass is 15.0. The largest absolute Gasteiger partial charge is 0.314 e. The Hall–Kier alpha value is -0.550. The van der Waals surface area contributed by atoms with Gasteiger partial charge in [0.05, 0.1) is 6.07 Å². The van der Waals surface area contributed by atoms with Crippen molar-refractivity contribution in [3.63, 3.8) is 0 Å². The predicted octanol–water partition coefficient (Wildman–Crippen LogP) is 1.92. The van der Waals surface area contributed by atoms with E-state index in [2.05, 4.69) is 11.4 Å². The van der Waals surface area contributed by atoms with Crippen LogP contribution in [0.3, 0.4) is 0 Å². The topological polar surface area (TPSA) is 35.8 Å². The van der Waals surface area contributed by atoms with Crippen molar-refractivity contribution in [1.29, 1.82) is 5.26 Å². The summed E-state index contributed by atoms with van der Waals surface area (Å²) in [6.07, 6.45) is 6.56. The molecular weight excluding hydrogens is 172 g/mol. The van der Waals surface area contributed by atoms with Crippen molar-refractivity contribution in [2.45, 2.75) is 38.1 Å². The van der Waals surface area contributed by atoms with Crippen LogP contribution in [0, 0.1) is 35.0 Å². The Labute approximate surface area is 85.7 Å². The van der Waals surface area contributed by atoms with E-state index in [1.54, 1.807) is 0 Å². The van der Waals surface area contributed by atoms with E-state index in [0.29, 0.717) is 5.92 Å². The molecule has 5 atom stereocenters. The first-order valence-corrected chi connectivity index (χ1v) is 6.03. The SMILES string of the molecule is N#CC1CCC2CCC3NCCC3C12. The molecule has 3 aliphatic rings. The Morgan fingerprint density at radius 1 is 1.07 bits per heavy atom. The van der Waals surface area contributed by atoms with Crippen LogP contribution in [-0.4, -0.2) is 12.6 Å². The molecule has 0 aromatic rings. The first kappa shape index (κ1) is 8.73. The van der Waals surface area contributed by atoms with Gasteiger partial charge in [0, 0.05) is 12.0 Å². The van der Waals surface area contributed by atoms with Crippen LogP contribution < -0.4 is 5.32 Å². The first-order valence-electron chi connectivity index (χ1n) is 6.03. The van der Waals surface area contributed by atoms with Crippen LogP contribution in [0.4, 0.5) is 0 Å². The zero-order valence-corrected chi connectivity index (χ0v) is 8.58. The van der Waals surface area contributed by atoms with E-state index in [4.69, 9.17) is 5.26 Å². The van der Waals surface area contributed by atoms with Gasteiger partial charge in [0.2, 0.25) is 0 Å². The van der Waals surface area contributed by atoms with E-state index >= 15 is 0 Å². The molecule has 2 aliphatic carbocycles. The fraction of sp³-hybridized carbons (Fsp3) is 0.917. The second kappa shape index (κ2) is 3.24. The Morgan fingerprint density at radius 3 is 2.79 bits per heavy atom. The minimum atomic E-state index is 0.382. The van der Waals surface area contributed by atoms with Crippen molar-refractivity contribution in [3.05, 3.63) is 0 Å². The highest BCUT2D eigenvalue weighted by Gasteiger charge is 2.48. The van der Waals surface area contributed by atoms with Crippen LogP contribution in [0.5, 0.6) is 0 Å². The minimum Gasteiger partial charge on any atom is -0.314 e. The molecule has 1 aliphatic heterocycles. The van der Waals surface area contributed by atoms with E-state index in [-0.39, 0.29) is 0 Å². The fourth-order valence-electron chi connectivity index (χ4n) is 4.20. The van der Waals surface area contributed by atoms with Crippen LogP contribution >= 0.6 is 0 Å². The highest BCUT2D eigenvalue weighted by Crippen LogP contribution is 2.50. The van der Waals surface area contributed by atoms with Crippen LogP contribution in [0.25, 0.3) is 0 Å². The lowest BCUT2D eigenvalue weighted by molar-refractivity contribution is 0.148. The highest BCUT2D eigenvalue weighted by molar-refractivity contribution is 5.05. The van der Waals surface area contributed by atoms with Crippen LogP contribution in [0.15, 0.2) is 0 Å². The van der Waals surface area contributed by atoms with E-state index in [9.17, 15) is 0 Å². The second-order valence-electron chi connectivity index (χ2n) is 5.24. The van der Waals surface area contributed by atoms with Crippen molar-refractivity contribution < 1.29 is 0 Å². The summed E-state index contributed by atoms with van der Waals surface area (Å²) in [5, 5.41) is 12.8. The maximum Gasteiger partial charge on any atom is 0.0658 e. The van der Waals surface area contributed by atoms with Crippen molar-refractivity contribution in [3.8, 4) is 6.07 Å². The summed E-state index contributed by atoms with van der Waals surface area (Å²) < 4.78 is 0. The van der Waals surface area contributed by atoms with E-state index in [1.165, 1.54) is 38.6 Å². The number of nitrogens with zero attached hydrogens (tertiary/aromatic N) is 1. The third-order valence-corrected chi connectivity index (χ3v) is 4.77. The molecule has 0 spiro atoms. The molecule has 0 amide bonds. The molecule has 0 aromatic heterocycles. The molecule has 76 valence electrons. The van der Waals surface area contributed by atoms with Crippen LogP contribution in [0.2, 0.25) is 0 Å². The first-order chi connectivity index (χ1) is 6.90. The molecule has 2 nitrogen and oxygen atoms in total. The van der Waals surface area contributed by atoms with Crippen molar-refractivity contribution >= 4 is 0 Å². The van der Waals surface area contributed by atoms with Gasteiger partial charge in [-0.1, -0.05) is 0 Å². The van der Waals surface area contributed by atoms with Crippen molar-refractivity contribution in [2.24, 2.45) is 23.7 Å². The fourth-order valence-corrected chi connectivity index (χ4v) is 4.20. The number of hydrogen-bond donors (Lipinski definition) is 1. The van der Waals surface area contributed by atoms with Gasteiger partial charge in [-0.05, 0) is 56.4 Å². The molecule has 1 saturated heterocycles. The Balaban J connectivity index is 1.85. The molecule has 2 saturated carbocycles. The Bertz CT molecular complexity index is 268. The summed E-state index contributed by atoms with van der Waals surface area (Å²) in [5.74, 6) is 2.85. The van der Waals surface area contributed by atoms with Crippen molar-refractivity contribution in [2.75, 3.05) is 6.54 Å².